The maximum absolute atomic E-state index is 11.2. The molecular formula is C15H21NO7. The van der Waals surface area contributed by atoms with Crippen LogP contribution in [0.25, 0.3) is 0 Å². The zero-order valence-electron chi connectivity index (χ0n) is 12.8. The van der Waals surface area contributed by atoms with Crippen molar-refractivity contribution in [2.45, 2.75) is 31.0 Å². The van der Waals surface area contributed by atoms with E-state index in [1.807, 2.05) is 0 Å². The quantitative estimate of drug-likeness (QED) is 0.480. The zero-order valence-corrected chi connectivity index (χ0v) is 12.8. The molecule has 23 heavy (non-hydrogen) atoms. The SMILES string of the molecule is COC(=O)CO[C@@H]1CC(Oc2ccc(N)cc2)O[C@H](CO)[C@@H]1O. The zero-order chi connectivity index (χ0) is 16.8. The molecule has 0 aromatic heterocycles. The number of aliphatic hydroxyl groups is 2. The summed E-state index contributed by atoms with van der Waals surface area (Å²) in [7, 11) is 1.25. The van der Waals surface area contributed by atoms with Gasteiger partial charge in [0.15, 0.2) is 0 Å². The Labute approximate surface area is 133 Å². The van der Waals surface area contributed by atoms with Crippen LogP contribution in [0, 0.1) is 0 Å². The molecule has 1 heterocycles. The number of methoxy groups -OCH3 is 1. The number of hydrogen-bond donors (Lipinski definition) is 3. The molecule has 1 saturated heterocycles. The van der Waals surface area contributed by atoms with Gasteiger partial charge in [-0.1, -0.05) is 0 Å². The van der Waals surface area contributed by atoms with Crippen molar-refractivity contribution >= 4 is 11.7 Å². The van der Waals surface area contributed by atoms with Crippen LogP contribution in [0.3, 0.4) is 0 Å². The molecule has 1 aromatic carbocycles. The molecule has 1 aromatic rings. The van der Waals surface area contributed by atoms with Gasteiger partial charge in [-0.05, 0) is 24.3 Å². The van der Waals surface area contributed by atoms with Gasteiger partial charge in [0.25, 0.3) is 0 Å². The molecule has 8 heteroatoms. The Morgan fingerprint density at radius 2 is 2.09 bits per heavy atom. The van der Waals surface area contributed by atoms with Crippen LogP contribution in [-0.2, 0) is 19.0 Å². The highest BCUT2D eigenvalue weighted by Crippen LogP contribution is 2.26. The van der Waals surface area contributed by atoms with Gasteiger partial charge >= 0.3 is 5.97 Å². The van der Waals surface area contributed by atoms with Gasteiger partial charge in [-0.15, -0.1) is 0 Å². The van der Waals surface area contributed by atoms with Crippen molar-refractivity contribution in [2.24, 2.45) is 0 Å². The molecular weight excluding hydrogens is 306 g/mol. The van der Waals surface area contributed by atoms with Crippen LogP contribution in [-0.4, -0.2) is 61.1 Å². The number of nitrogen functional groups attached to an aromatic ring is 1. The van der Waals surface area contributed by atoms with Crippen molar-refractivity contribution in [2.75, 3.05) is 26.1 Å². The normalized spacial score (nSPS) is 27.4. The molecule has 128 valence electrons. The maximum Gasteiger partial charge on any atom is 0.331 e. The van der Waals surface area contributed by atoms with E-state index in [4.69, 9.17) is 19.9 Å². The minimum Gasteiger partial charge on any atom is -0.467 e. The average molecular weight is 327 g/mol. The number of aliphatic hydroxyl groups excluding tert-OH is 2. The van der Waals surface area contributed by atoms with Crippen LogP contribution in [0.2, 0.25) is 0 Å². The Hall–Kier alpha value is -1.87. The van der Waals surface area contributed by atoms with Gasteiger partial charge in [0, 0.05) is 12.1 Å². The Balaban J connectivity index is 1.99. The predicted molar refractivity (Wildman–Crippen MR) is 79.6 cm³/mol. The second kappa shape index (κ2) is 8.11. The minimum absolute atomic E-state index is 0.193. The van der Waals surface area contributed by atoms with Crippen molar-refractivity contribution < 1.29 is 34.0 Å². The van der Waals surface area contributed by atoms with E-state index in [1.165, 1.54) is 7.11 Å². The number of benzene rings is 1. The summed E-state index contributed by atoms with van der Waals surface area (Å²) in [6.45, 7) is -0.703. The molecule has 0 amide bonds. The molecule has 1 fully saturated rings. The molecule has 0 aliphatic carbocycles. The van der Waals surface area contributed by atoms with E-state index >= 15 is 0 Å². The lowest BCUT2D eigenvalue weighted by atomic mass is 10.0. The number of anilines is 1. The molecule has 4 atom stereocenters. The van der Waals surface area contributed by atoms with Crippen molar-refractivity contribution in [1.82, 2.24) is 0 Å². The summed E-state index contributed by atoms with van der Waals surface area (Å²) in [5, 5.41) is 19.4. The summed E-state index contributed by atoms with van der Waals surface area (Å²) in [6, 6.07) is 6.73. The average Bonchev–Trinajstić information content (AvgIpc) is 2.56. The van der Waals surface area contributed by atoms with E-state index in [-0.39, 0.29) is 13.0 Å². The lowest BCUT2D eigenvalue weighted by Crippen LogP contribution is -2.52. The smallest absolute Gasteiger partial charge is 0.331 e. The largest absolute Gasteiger partial charge is 0.467 e. The molecule has 0 radical (unpaired) electrons. The first-order valence-electron chi connectivity index (χ1n) is 7.18. The number of rotatable bonds is 6. The van der Waals surface area contributed by atoms with E-state index < -0.39 is 37.2 Å². The Kier molecular flexibility index (Phi) is 6.17. The lowest BCUT2D eigenvalue weighted by molar-refractivity contribution is -0.239. The third kappa shape index (κ3) is 4.80. The summed E-state index contributed by atoms with van der Waals surface area (Å²) < 4.78 is 21.0. The first-order chi connectivity index (χ1) is 11.0. The van der Waals surface area contributed by atoms with Gasteiger partial charge in [0.2, 0.25) is 6.29 Å². The summed E-state index contributed by atoms with van der Waals surface area (Å²) >= 11 is 0. The van der Waals surface area contributed by atoms with Gasteiger partial charge in [-0.3, -0.25) is 0 Å². The van der Waals surface area contributed by atoms with Crippen molar-refractivity contribution in [1.29, 1.82) is 0 Å². The fourth-order valence-electron chi connectivity index (χ4n) is 2.23. The number of ether oxygens (including phenoxy) is 4. The molecule has 4 N–H and O–H groups in total. The Morgan fingerprint density at radius 3 is 2.70 bits per heavy atom. The molecule has 0 spiro atoms. The van der Waals surface area contributed by atoms with Crippen LogP contribution in [0.5, 0.6) is 5.75 Å². The summed E-state index contributed by atoms with van der Waals surface area (Å²) in [5.74, 6) is -0.0239. The van der Waals surface area contributed by atoms with E-state index in [0.717, 1.165) is 0 Å². The molecule has 1 aliphatic heterocycles. The van der Waals surface area contributed by atoms with Crippen LogP contribution in [0.15, 0.2) is 24.3 Å². The van der Waals surface area contributed by atoms with Gasteiger partial charge < -0.3 is 34.9 Å². The van der Waals surface area contributed by atoms with Crippen LogP contribution < -0.4 is 10.5 Å². The van der Waals surface area contributed by atoms with Crippen LogP contribution in [0.1, 0.15) is 6.42 Å². The third-order valence-electron chi connectivity index (χ3n) is 3.48. The molecule has 2 rings (SSSR count). The highest BCUT2D eigenvalue weighted by Gasteiger charge is 2.39. The summed E-state index contributed by atoms with van der Waals surface area (Å²) in [4.78, 5) is 11.2. The molecule has 1 aliphatic rings. The summed E-state index contributed by atoms with van der Waals surface area (Å²) in [6.07, 6.45) is -3.21. The summed E-state index contributed by atoms with van der Waals surface area (Å²) in [5.41, 5.74) is 6.21. The van der Waals surface area contributed by atoms with Crippen molar-refractivity contribution in [3.8, 4) is 5.75 Å². The highest BCUT2D eigenvalue weighted by molar-refractivity contribution is 5.70. The predicted octanol–water partition coefficient (Wildman–Crippen LogP) is -0.326. The highest BCUT2D eigenvalue weighted by atomic mass is 16.7. The third-order valence-corrected chi connectivity index (χ3v) is 3.48. The second-order valence-corrected chi connectivity index (χ2v) is 5.13. The first-order valence-corrected chi connectivity index (χ1v) is 7.18. The Morgan fingerprint density at radius 1 is 1.39 bits per heavy atom. The fraction of sp³-hybridized carbons (Fsp3) is 0.533. The number of carbonyl (C=O) groups excluding carboxylic acids is 1. The minimum atomic E-state index is -1.07. The van der Waals surface area contributed by atoms with Gasteiger partial charge in [0.1, 0.15) is 24.6 Å². The van der Waals surface area contributed by atoms with Crippen molar-refractivity contribution in [3.05, 3.63) is 24.3 Å². The van der Waals surface area contributed by atoms with E-state index in [2.05, 4.69) is 4.74 Å². The lowest BCUT2D eigenvalue weighted by Gasteiger charge is -2.38. The van der Waals surface area contributed by atoms with Crippen LogP contribution >= 0.6 is 0 Å². The first kappa shape index (κ1) is 17.5. The van der Waals surface area contributed by atoms with E-state index in [9.17, 15) is 15.0 Å². The van der Waals surface area contributed by atoms with Gasteiger partial charge in [-0.2, -0.15) is 0 Å². The number of esters is 1. The molecule has 0 bridgehead atoms. The fourth-order valence-corrected chi connectivity index (χ4v) is 2.23. The van der Waals surface area contributed by atoms with Gasteiger partial charge in [0.05, 0.1) is 19.8 Å². The van der Waals surface area contributed by atoms with Gasteiger partial charge in [-0.25, -0.2) is 4.79 Å². The van der Waals surface area contributed by atoms with E-state index in [1.54, 1.807) is 24.3 Å². The monoisotopic (exact) mass is 327 g/mol. The number of nitrogens with two attached hydrogens (primary N) is 1. The number of carbonyl (C=O) groups is 1. The molecule has 0 saturated carbocycles. The standard InChI is InChI=1S/C15H21NO7/c1-20-13(18)8-21-11-6-14(23-12(7-17)15(11)19)22-10-4-2-9(16)3-5-10/h2-5,11-12,14-15,17,19H,6-8,16H2,1H3/t11-,12-,14?,15-/m1/s1. The Bertz CT molecular complexity index is 507. The second-order valence-electron chi connectivity index (χ2n) is 5.13. The van der Waals surface area contributed by atoms with Crippen molar-refractivity contribution in [3.63, 3.8) is 0 Å². The van der Waals surface area contributed by atoms with Crippen LogP contribution in [0.4, 0.5) is 5.69 Å². The topological polar surface area (TPSA) is 120 Å². The maximum atomic E-state index is 11.2. The number of hydrogen-bond acceptors (Lipinski definition) is 8. The molecule has 8 nitrogen and oxygen atoms in total. The molecule has 1 unspecified atom stereocenters. The van der Waals surface area contributed by atoms with E-state index in [0.29, 0.717) is 11.4 Å².